The second-order valence-electron chi connectivity index (χ2n) is 20.7. The second-order valence-corrected chi connectivity index (χ2v) is 22.4. The highest BCUT2D eigenvalue weighted by molar-refractivity contribution is 7.90. The predicted molar refractivity (Wildman–Crippen MR) is 277 cm³/mol. The van der Waals surface area contributed by atoms with Gasteiger partial charge in [-0.25, -0.2) is 13.8 Å². The highest BCUT2D eigenvalue weighted by Crippen LogP contribution is 2.36. The zero-order valence-corrected chi connectivity index (χ0v) is 42.3. The molecule has 3 amide bonds. The summed E-state index contributed by atoms with van der Waals surface area (Å²) < 4.78 is 65.3. The van der Waals surface area contributed by atoms with E-state index >= 15 is 4.39 Å². The molecule has 6 aliphatic rings. The Morgan fingerprint density at radius 2 is 1.41 bits per heavy atom. The number of carbonyl (C=O) groups is 3. The van der Waals surface area contributed by atoms with Crippen molar-refractivity contribution in [2.45, 2.75) is 63.7 Å². The van der Waals surface area contributed by atoms with Gasteiger partial charge in [-0.2, -0.15) is 18.0 Å². The van der Waals surface area contributed by atoms with Gasteiger partial charge >= 0.3 is 10.2 Å². The number of benzene rings is 4. The molecule has 0 unspecified atom stereocenters. The van der Waals surface area contributed by atoms with Gasteiger partial charge in [0.1, 0.15) is 35.9 Å². The van der Waals surface area contributed by atoms with Crippen LogP contribution >= 0.6 is 0 Å². The number of nitrogens with one attached hydrogen (secondary N) is 2. The second kappa shape index (κ2) is 21.0. The van der Waals surface area contributed by atoms with Crippen LogP contribution in [0.5, 0.6) is 11.5 Å². The van der Waals surface area contributed by atoms with E-state index < -0.39 is 45.1 Å². The van der Waals surface area contributed by atoms with E-state index in [2.05, 4.69) is 40.7 Å². The number of hydrogen-bond acceptors (Lipinski definition) is 13. The number of piperidine rings is 3. The monoisotopic (exact) mass is 1040 g/mol. The standard InChI is InChI=1S/C54H59F2N11O7S/c55-38-17-22-65(33-38)75(72,73)60-48-10-8-46(56)51(45(48)29-57)74-42-6-9-47-44(28-42)54(71)67(34-58-47)40-3-1-39(2-4-40)63-18-13-35(14-19-63)30-61-23-25-62(26-24-61)31-36-15-20-64(21-16-36)41-5-7-43-37(27-41)32-66(53(43)70)49-11-12-50(68)59-52(49)69/h1-10,27-28,34-36,38,49,60H,11-26,30-33H2,(H,59,68,69)/t38-,49+/m1/s1. The van der Waals surface area contributed by atoms with Gasteiger partial charge in [0.05, 0.1) is 22.3 Å². The van der Waals surface area contributed by atoms with Crippen molar-refractivity contribution in [1.82, 2.24) is 33.9 Å². The quantitative estimate of drug-likeness (QED) is 0.142. The lowest BCUT2D eigenvalue weighted by Gasteiger charge is -2.41. The highest BCUT2D eigenvalue weighted by atomic mass is 32.2. The van der Waals surface area contributed by atoms with Crippen molar-refractivity contribution in [1.29, 1.82) is 5.26 Å². The van der Waals surface area contributed by atoms with Crippen LogP contribution in [0, 0.1) is 29.0 Å². The lowest BCUT2D eigenvalue weighted by atomic mass is 9.94. The summed E-state index contributed by atoms with van der Waals surface area (Å²) in [6, 6.07) is 21.5. The van der Waals surface area contributed by atoms with Gasteiger partial charge in [-0.1, -0.05) is 0 Å². The van der Waals surface area contributed by atoms with E-state index in [1.165, 1.54) is 23.0 Å². The summed E-state index contributed by atoms with van der Waals surface area (Å²) in [4.78, 5) is 67.4. The van der Waals surface area contributed by atoms with Crippen molar-refractivity contribution < 1.29 is 36.3 Å². The van der Waals surface area contributed by atoms with E-state index in [1.54, 1.807) is 11.0 Å². The van der Waals surface area contributed by atoms with Crippen LogP contribution in [0.2, 0.25) is 0 Å². The van der Waals surface area contributed by atoms with Crippen LogP contribution in [0.1, 0.15) is 66.4 Å². The fourth-order valence-electron chi connectivity index (χ4n) is 11.6. The van der Waals surface area contributed by atoms with E-state index in [0.717, 1.165) is 125 Å². The Kier molecular flexibility index (Phi) is 14.0. The van der Waals surface area contributed by atoms with E-state index in [0.29, 0.717) is 41.6 Å². The van der Waals surface area contributed by atoms with Gasteiger partial charge in [-0.3, -0.25) is 33.8 Å². The number of fused-ring (bicyclic) bond motifs is 2. The van der Waals surface area contributed by atoms with Crippen LogP contribution in [0.3, 0.4) is 0 Å². The molecule has 5 fully saturated rings. The minimum absolute atomic E-state index is 0.0267. The number of aromatic nitrogens is 2. The number of halogens is 2. The van der Waals surface area contributed by atoms with Crippen molar-refractivity contribution in [3.8, 4) is 23.3 Å². The fourth-order valence-corrected chi connectivity index (χ4v) is 12.9. The molecule has 11 rings (SSSR count). The number of ether oxygens (including phenoxy) is 1. The van der Waals surface area contributed by atoms with E-state index in [-0.39, 0.29) is 60.5 Å². The lowest BCUT2D eigenvalue weighted by Crippen LogP contribution is -2.52. The number of alkyl halides is 1. The Bertz CT molecular complexity index is 3240. The maximum Gasteiger partial charge on any atom is 0.301 e. The molecule has 392 valence electrons. The molecule has 5 aromatic rings. The molecule has 18 nitrogen and oxygen atoms in total. The van der Waals surface area contributed by atoms with E-state index in [1.807, 2.05) is 42.5 Å². The zero-order chi connectivity index (χ0) is 52.0. The molecule has 7 heterocycles. The van der Waals surface area contributed by atoms with Crippen LogP contribution in [0.25, 0.3) is 16.6 Å². The van der Waals surface area contributed by atoms with E-state index in [4.69, 9.17) is 4.74 Å². The molecule has 5 saturated heterocycles. The SMILES string of the molecule is N#Cc1c(NS(=O)(=O)N2CC[C@@H](F)C2)ccc(F)c1Oc1ccc2ncn(-c3ccc(N4CCC(CN5CCN(CC6CCN(c7ccc8c(c7)CN([C@H]7CCC(=O)NC7=O)C8=O)CC6)CC5)CC4)cc3)c(=O)c2c1. The lowest BCUT2D eigenvalue weighted by molar-refractivity contribution is -0.136. The largest absolute Gasteiger partial charge is 0.453 e. The van der Waals surface area contributed by atoms with Crippen LogP contribution in [-0.4, -0.2) is 145 Å². The highest BCUT2D eigenvalue weighted by Gasteiger charge is 2.40. The Balaban J connectivity index is 0.634. The molecule has 0 spiro atoms. The van der Waals surface area contributed by atoms with Gasteiger partial charge < -0.3 is 29.2 Å². The minimum Gasteiger partial charge on any atom is -0.453 e. The number of amides is 3. The predicted octanol–water partition coefficient (Wildman–Crippen LogP) is 5.40. The molecule has 0 bridgehead atoms. The number of nitriles is 1. The molecular formula is C54H59F2N11O7S. The molecule has 6 aliphatic heterocycles. The number of hydrogen-bond donors (Lipinski definition) is 2. The van der Waals surface area contributed by atoms with Gasteiger partial charge in [-0.05, 0) is 129 Å². The molecule has 2 atom stereocenters. The molecule has 75 heavy (non-hydrogen) atoms. The minimum atomic E-state index is -4.24. The first-order chi connectivity index (χ1) is 36.3. The number of piperazine rings is 1. The fraction of sp³-hybridized carbons (Fsp3) is 0.444. The summed E-state index contributed by atoms with van der Waals surface area (Å²) in [5.74, 6) is -0.989. The van der Waals surface area contributed by atoms with Gasteiger partial charge in [0.15, 0.2) is 11.6 Å². The summed E-state index contributed by atoms with van der Waals surface area (Å²) in [6.07, 6.45) is 5.22. The van der Waals surface area contributed by atoms with Gasteiger partial charge in [0, 0.05) is 108 Å². The summed E-state index contributed by atoms with van der Waals surface area (Å²) in [5, 5.41) is 12.6. The Morgan fingerprint density at radius 1 is 0.760 bits per heavy atom. The molecule has 0 radical (unpaired) electrons. The van der Waals surface area contributed by atoms with Crippen molar-refractivity contribution in [3.63, 3.8) is 0 Å². The van der Waals surface area contributed by atoms with Gasteiger partial charge in [0.25, 0.3) is 11.5 Å². The normalized spacial score (nSPS) is 21.7. The van der Waals surface area contributed by atoms with E-state index in [9.17, 15) is 37.2 Å². The first-order valence-corrected chi connectivity index (χ1v) is 27.4. The maximum atomic E-state index is 15.2. The average molecular weight is 1040 g/mol. The maximum absolute atomic E-state index is 15.2. The molecule has 1 aromatic heterocycles. The smallest absolute Gasteiger partial charge is 0.301 e. The molecule has 0 aliphatic carbocycles. The Labute approximate surface area is 433 Å². The molecule has 4 aromatic carbocycles. The molecule has 2 N–H and O–H groups in total. The molecular weight excluding hydrogens is 985 g/mol. The van der Waals surface area contributed by atoms with Gasteiger partial charge in [-0.15, -0.1) is 0 Å². The van der Waals surface area contributed by atoms with Crippen molar-refractivity contribution in [2.24, 2.45) is 11.8 Å². The molecule has 0 saturated carbocycles. The van der Waals surface area contributed by atoms with Crippen LogP contribution in [0.15, 0.2) is 83.9 Å². The molecule has 21 heteroatoms. The first kappa shape index (κ1) is 50.2. The van der Waals surface area contributed by atoms with Crippen LogP contribution < -0.4 is 30.1 Å². The third kappa shape index (κ3) is 10.5. The number of carbonyl (C=O) groups excluding carboxylic acids is 3. The summed E-state index contributed by atoms with van der Waals surface area (Å²) in [5.41, 5.74) is 3.71. The van der Waals surface area contributed by atoms with Crippen molar-refractivity contribution in [3.05, 3.63) is 112 Å². The summed E-state index contributed by atoms with van der Waals surface area (Å²) in [6.45, 7) is 10.4. The zero-order valence-electron chi connectivity index (χ0n) is 41.5. The van der Waals surface area contributed by atoms with Crippen LogP contribution in [-0.2, 0) is 26.3 Å². The number of imide groups is 1. The number of anilines is 3. The summed E-state index contributed by atoms with van der Waals surface area (Å²) in [7, 11) is -4.24. The third-order valence-corrected chi connectivity index (χ3v) is 17.4. The number of rotatable bonds is 13. The Morgan fingerprint density at radius 3 is 2.05 bits per heavy atom. The van der Waals surface area contributed by atoms with Crippen molar-refractivity contribution >= 4 is 55.9 Å². The summed E-state index contributed by atoms with van der Waals surface area (Å²) >= 11 is 0. The van der Waals surface area contributed by atoms with Gasteiger partial charge in [0.2, 0.25) is 11.8 Å². The third-order valence-electron chi connectivity index (χ3n) is 15.9. The van der Waals surface area contributed by atoms with Crippen molar-refractivity contribution in [2.75, 3.05) is 93.1 Å². The average Bonchev–Trinajstić information content (AvgIpc) is 4.02. The first-order valence-electron chi connectivity index (χ1n) is 25.9. The topological polar surface area (TPSA) is 197 Å². The Hall–Kier alpha value is -6.99. The van der Waals surface area contributed by atoms with Crippen LogP contribution in [0.4, 0.5) is 25.8 Å². The number of nitrogens with zero attached hydrogens (tertiary/aromatic N) is 9.